The summed E-state index contributed by atoms with van der Waals surface area (Å²) in [6.45, 7) is 2.85. The summed E-state index contributed by atoms with van der Waals surface area (Å²) in [7, 11) is -4.41. The molecule has 0 spiro atoms. The number of carbonyl (C=O) groups excluding carboxylic acids is 1. The number of aliphatic hydroxyl groups is 3. The first-order valence-electron chi connectivity index (χ1n) is 10.2. The minimum atomic E-state index is -4.41. The zero-order valence-corrected chi connectivity index (χ0v) is 19.1. The molecule has 4 unspecified atom stereocenters. The van der Waals surface area contributed by atoms with Crippen molar-refractivity contribution >= 4 is 27.3 Å². The van der Waals surface area contributed by atoms with Gasteiger partial charge in [-0.1, -0.05) is 18.2 Å². The normalized spacial score (nSPS) is 24.3. The highest BCUT2D eigenvalue weighted by Crippen LogP contribution is 2.31. The van der Waals surface area contributed by atoms with Crippen molar-refractivity contribution in [3.63, 3.8) is 0 Å². The molecule has 34 heavy (non-hydrogen) atoms. The molecule has 0 radical (unpaired) electrons. The maximum absolute atomic E-state index is 12.6. The van der Waals surface area contributed by atoms with Crippen molar-refractivity contribution < 1.29 is 38.2 Å². The van der Waals surface area contributed by atoms with Gasteiger partial charge in [-0.15, -0.1) is 0 Å². The summed E-state index contributed by atoms with van der Waals surface area (Å²) in [5.74, 6) is -0.891. The molecular formula is C21H25N3O9S. The van der Waals surface area contributed by atoms with Crippen LogP contribution in [0.5, 0.6) is 0 Å². The lowest BCUT2D eigenvalue weighted by Crippen LogP contribution is -2.63. The fraction of sp³-hybridized carbons (Fsp3) is 0.381. The Labute approximate surface area is 195 Å². The lowest BCUT2D eigenvalue weighted by atomic mass is 9.87. The molecule has 12 nitrogen and oxygen atoms in total. The number of hydrogen-bond acceptors (Lipinski definition) is 10. The summed E-state index contributed by atoms with van der Waals surface area (Å²) in [4.78, 5) is 22.5. The third-order valence-electron chi connectivity index (χ3n) is 5.45. The summed E-state index contributed by atoms with van der Waals surface area (Å²) in [6.07, 6.45) is -5.33. The largest absolute Gasteiger partial charge is 0.388 e. The molecule has 0 aromatic heterocycles. The smallest absolute Gasteiger partial charge is 0.293 e. The molecule has 0 aliphatic carbocycles. The number of nitro groups is 1. The van der Waals surface area contributed by atoms with Gasteiger partial charge in [0, 0.05) is 18.2 Å². The molecule has 1 aliphatic heterocycles. The lowest BCUT2D eigenvalue weighted by Gasteiger charge is -2.45. The highest BCUT2D eigenvalue weighted by atomic mass is 32.2. The van der Waals surface area contributed by atoms with E-state index in [1.54, 1.807) is 18.2 Å². The number of nitro benzene ring substituents is 1. The van der Waals surface area contributed by atoms with Crippen LogP contribution in [0.2, 0.25) is 0 Å². The average Bonchev–Trinajstić information content (AvgIpc) is 2.79. The van der Waals surface area contributed by atoms with E-state index < -0.39 is 61.5 Å². The van der Waals surface area contributed by atoms with Crippen LogP contribution in [-0.2, 0) is 14.8 Å². The van der Waals surface area contributed by atoms with Crippen LogP contribution in [-0.4, -0.2) is 71.1 Å². The van der Waals surface area contributed by atoms with E-state index in [1.165, 1.54) is 26.0 Å². The fourth-order valence-corrected chi connectivity index (χ4v) is 4.52. The van der Waals surface area contributed by atoms with Crippen molar-refractivity contribution in [2.45, 2.75) is 48.8 Å². The van der Waals surface area contributed by atoms with Gasteiger partial charge in [0.15, 0.2) is 0 Å². The van der Waals surface area contributed by atoms with E-state index in [2.05, 4.69) is 5.32 Å². The standard InChI is InChI=1S/C21H25N3O9S/c1-21(2)19(27)18(26)17(25)16(33-21)11-22-14-9-8-13(10-15(14)24(29)30)34(31,32)23-20(28)12-6-4-3-5-7-12/h3-10,16-19,22,25-27H,11H2,1-2H3,(H,23,28). The van der Waals surface area contributed by atoms with Gasteiger partial charge in [0.1, 0.15) is 30.1 Å². The molecule has 13 heteroatoms. The van der Waals surface area contributed by atoms with Crippen molar-refractivity contribution in [3.8, 4) is 0 Å². The van der Waals surface area contributed by atoms with Gasteiger partial charge in [0.25, 0.3) is 21.6 Å². The SMILES string of the molecule is CC1(C)OC(CNc2ccc(S(=O)(=O)NC(=O)c3ccccc3)cc2[N+](=O)[O-])C(O)C(O)C1O. The Kier molecular flexibility index (Phi) is 7.24. The van der Waals surface area contributed by atoms with E-state index in [0.717, 1.165) is 18.2 Å². The second kappa shape index (κ2) is 9.64. The number of hydrogen-bond donors (Lipinski definition) is 5. The summed E-state index contributed by atoms with van der Waals surface area (Å²) < 4.78 is 32.7. The van der Waals surface area contributed by atoms with Crippen molar-refractivity contribution in [1.29, 1.82) is 0 Å². The van der Waals surface area contributed by atoms with Crippen LogP contribution in [0.25, 0.3) is 0 Å². The van der Waals surface area contributed by atoms with Crippen LogP contribution in [0.3, 0.4) is 0 Å². The van der Waals surface area contributed by atoms with Gasteiger partial charge < -0.3 is 25.4 Å². The number of sulfonamides is 1. The molecule has 2 aromatic rings. The molecule has 1 fully saturated rings. The van der Waals surface area contributed by atoms with E-state index in [0.29, 0.717) is 0 Å². The fourth-order valence-electron chi connectivity index (χ4n) is 3.53. The zero-order valence-electron chi connectivity index (χ0n) is 18.3. The molecule has 1 heterocycles. The van der Waals surface area contributed by atoms with Crippen molar-refractivity contribution in [2.24, 2.45) is 0 Å². The summed E-state index contributed by atoms with van der Waals surface area (Å²) in [6, 6.07) is 10.6. The summed E-state index contributed by atoms with van der Waals surface area (Å²) in [5, 5.41) is 44.6. The van der Waals surface area contributed by atoms with E-state index in [-0.39, 0.29) is 17.8 Å². The first-order chi connectivity index (χ1) is 15.8. The molecule has 2 aromatic carbocycles. The molecule has 5 N–H and O–H groups in total. The molecular weight excluding hydrogens is 470 g/mol. The van der Waals surface area contributed by atoms with Crippen LogP contribution in [0.4, 0.5) is 11.4 Å². The Morgan fingerprint density at radius 3 is 2.38 bits per heavy atom. The number of rotatable bonds is 7. The van der Waals surface area contributed by atoms with E-state index in [9.17, 15) is 38.6 Å². The number of anilines is 1. The first kappa shape index (κ1) is 25.5. The van der Waals surface area contributed by atoms with Crippen molar-refractivity contribution in [1.82, 2.24) is 4.72 Å². The molecule has 1 amide bonds. The third kappa shape index (κ3) is 5.34. The number of carbonyl (C=O) groups is 1. The van der Waals surface area contributed by atoms with Crippen LogP contribution in [0, 0.1) is 10.1 Å². The highest BCUT2D eigenvalue weighted by molar-refractivity contribution is 7.90. The Bertz CT molecular complexity index is 1170. The Balaban J connectivity index is 1.79. The molecule has 4 atom stereocenters. The van der Waals surface area contributed by atoms with E-state index >= 15 is 0 Å². The molecule has 1 aliphatic rings. The van der Waals surface area contributed by atoms with Crippen molar-refractivity contribution in [3.05, 3.63) is 64.2 Å². The van der Waals surface area contributed by atoms with Gasteiger partial charge in [-0.05, 0) is 38.1 Å². The molecule has 0 bridgehead atoms. The van der Waals surface area contributed by atoms with Gasteiger partial charge in [-0.3, -0.25) is 14.9 Å². The topological polar surface area (TPSA) is 188 Å². The third-order valence-corrected chi connectivity index (χ3v) is 6.78. The monoisotopic (exact) mass is 495 g/mol. The molecule has 184 valence electrons. The quantitative estimate of drug-likeness (QED) is 0.265. The minimum absolute atomic E-state index is 0.0763. The highest BCUT2D eigenvalue weighted by Gasteiger charge is 2.48. The number of aliphatic hydroxyl groups excluding tert-OH is 3. The number of nitrogens with one attached hydrogen (secondary N) is 2. The molecule has 1 saturated heterocycles. The molecule has 0 saturated carbocycles. The predicted molar refractivity (Wildman–Crippen MR) is 120 cm³/mol. The van der Waals surface area contributed by atoms with Gasteiger partial charge in [-0.2, -0.15) is 0 Å². The number of benzene rings is 2. The maximum Gasteiger partial charge on any atom is 0.293 e. The van der Waals surface area contributed by atoms with Gasteiger partial charge in [-0.25, -0.2) is 13.1 Å². The zero-order chi connectivity index (χ0) is 25.3. The summed E-state index contributed by atoms with van der Waals surface area (Å²) in [5.41, 5.74) is -1.76. The Morgan fingerprint density at radius 1 is 1.12 bits per heavy atom. The number of amides is 1. The van der Waals surface area contributed by atoms with Gasteiger partial charge >= 0.3 is 0 Å². The van der Waals surface area contributed by atoms with E-state index in [4.69, 9.17) is 4.74 Å². The van der Waals surface area contributed by atoms with Gasteiger partial charge in [0.05, 0.1) is 15.4 Å². The van der Waals surface area contributed by atoms with Gasteiger partial charge in [0.2, 0.25) is 0 Å². The second-order valence-electron chi connectivity index (χ2n) is 8.30. The first-order valence-corrected chi connectivity index (χ1v) is 11.7. The van der Waals surface area contributed by atoms with Crippen LogP contribution >= 0.6 is 0 Å². The van der Waals surface area contributed by atoms with Crippen LogP contribution in [0.1, 0.15) is 24.2 Å². The Hall–Kier alpha value is -3.10. The maximum atomic E-state index is 12.6. The summed E-state index contributed by atoms with van der Waals surface area (Å²) >= 11 is 0. The van der Waals surface area contributed by atoms with Crippen LogP contribution < -0.4 is 10.0 Å². The second-order valence-corrected chi connectivity index (χ2v) is 9.99. The van der Waals surface area contributed by atoms with Crippen molar-refractivity contribution in [2.75, 3.05) is 11.9 Å². The Morgan fingerprint density at radius 2 is 1.76 bits per heavy atom. The lowest BCUT2D eigenvalue weighted by molar-refractivity contribution is -0.384. The predicted octanol–water partition coefficient (Wildman–Crippen LogP) is 0.385. The van der Waals surface area contributed by atoms with Crippen LogP contribution in [0.15, 0.2) is 53.4 Å². The average molecular weight is 496 g/mol. The number of ether oxygens (including phenoxy) is 1. The minimum Gasteiger partial charge on any atom is -0.388 e. The number of nitrogens with zero attached hydrogens (tertiary/aromatic N) is 1. The van der Waals surface area contributed by atoms with E-state index in [1.807, 2.05) is 4.72 Å². The molecule has 3 rings (SSSR count).